The fraction of sp³-hybridized carbons (Fsp3) is 0.357. The number of carboxylic acid groups (broad SMARTS) is 1. The number of nitrogens with one attached hydrogen (secondary N) is 1. The van der Waals surface area contributed by atoms with E-state index in [0.717, 1.165) is 28.4 Å². The van der Waals surface area contributed by atoms with E-state index in [4.69, 9.17) is 9.63 Å². The molecule has 0 aliphatic rings. The minimum Gasteiger partial charge on any atom is -0.477 e. The van der Waals surface area contributed by atoms with Gasteiger partial charge >= 0.3 is 5.97 Å². The number of aromatic carboxylic acids is 1. The molecule has 1 atom stereocenters. The Morgan fingerprint density at radius 1 is 1.38 bits per heavy atom. The molecule has 7 heteroatoms. The Morgan fingerprint density at radius 3 is 2.57 bits per heavy atom. The molecule has 2 N–H and O–H groups in total. The van der Waals surface area contributed by atoms with Gasteiger partial charge in [0.25, 0.3) is 5.91 Å². The maximum Gasteiger partial charge on any atom is 0.345 e. The van der Waals surface area contributed by atoms with Gasteiger partial charge in [0, 0.05) is 11.6 Å². The highest BCUT2D eigenvalue weighted by atomic mass is 32.1. The van der Waals surface area contributed by atoms with Gasteiger partial charge in [-0.25, -0.2) is 4.79 Å². The molecule has 0 spiro atoms. The number of amides is 1. The Morgan fingerprint density at radius 2 is 2.05 bits per heavy atom. The van der Waals surface area contributed by atoms with Gasteiger partial charge in [-0.1, -0.05) is 5.16 Å². The summed E-state index contributed by atoms with van der Waals surface area (Å²) in [6.45, 7) is 5.58. The van der Waals surface area contributed by atoms with E-state index in [1.165, 1.54) is 12.1 Å². The van der Waals surface area contributed by atoms with Gasteiger partial charge in [0.15, 0.2) is 0 Å². The molecule has 2 rings (SSSR count). The van der Waals surface area contributed by atoms with Gasteiger partial charge in [-0.05, 0) is 39.3 Å². The number of carbonyl (C=O) groups excluding carboxylic acids is 1. The van der Waals surface area contributed by atoms with E-state index in [9.17, 15) is 9.59 Å². The van der Waals surface area contributed by atoms with Gasteiger partial charge in [0.2, 0.25) is 0 Å². The van der Waals surface area contributed by atoms with Gasteiger partial charge in [-0.3, -0.25) is 4.79 Å². The first kappa shape index (κ1) is 15.2. The molecule has 0 aromatic carbocycles. The molecule has 2 aromatic rings. The fourth-order valence-corrected chi connectivity index (χ4v) is 2.77. The highest BCUT2D eigenvalue weighted by molar-refractivity contribution is 7.15. The van der Waals surface area contributed by atoms with E-state index in [1.54, 1.807) is 0 Å². The summed E-state index contributed by atoms with van der Waals surface area (Å²) in [5, 5.41) is 15.6. The van der Waals surface area contributed by atoms with Crippen LogP contribution < -0.4 is 5.32 Å². The zero-order valence-corrected chi connectivity index (χ0v) is 12.8. The van der Waals surface area contributed by atoms with Crippen molar-refractivity contribution in [2.75, 3.05) is 0 Å². The second-order valence-electron chi connectivity index (χ2n) is 4.85. The number of hydrogen-bond acceptors (Lipinski definition) is 5. The largest absolute Gasteiger partial charge is 0.477 e. The number of rotatable bonds is 5. The average Bonchev–Trinajstić information content (AvgIpc) is 3.01. The smallest absolute Gasteiger partial charge is 0.345 e. The Bertz CT molecular complexity index is 655. The lowest BCUT2D eigenvalue weighted by atomic mass is 10.1. The first-order valence-electron chi connectivity index (χ1n) is 6.44. The van der Waals surface area contributed by atoms with Crippen molar-refractivity contribution in [3.63, 3.8) is 0 Å². The molecule has 0 aliphatic heterocycles. The van der Waals surface area contributed by atoms with E-state index >= 15 is 0 Å². The number of nitrogens with zero attached hydrogens (tertiary/aromatic N) is 1. The molecule has 0 unspecified atom stereocenters. The van der Waals surface area contributed by atoms with Gasteiger partial charge in [-0.2, -0.15) is 0 Å². The first-order chi connectivity index (χ1) is 9.88. The predicted octanol–water partition coefficient (Wildman–Crippen LogP) is 2.41. The molecule has 0 saturated heterocycles. The molecule has 0 fully saturated rings. The summed E-state index contributed by atoms with van der Waals surface area (Å²) in [7, 11) is 0. The number of aryl methyl sites for hydroxylation is 2. The monoisotopic (exact) mass is 308 g/mol. The maximum atomic E-state index is 12.1. The third-order valence-corrected chi connectivity index (χ3v) is 4.18. The van der Waals surface area contributed by atoms with Crippen LogP contribution in [0, 0.1) is 13.8 Å². The summed E-state index contributed by atoms with van der Waals surface area (Å²) in [5.74, 6) is -0.549. The lowest BCUT2D eigenvalue weighted by Gasteiger charge is -2.12. The van der Waals surface area contributed by atoms with Crippen LogP contribution in [0.15, 0.2) is 16.7 Å². The highest BCUT2D eigenvalue weighted by Crippen LogP contribution is 2.18. The summed E-state index contributed by atoms with van der Waals surface area (Å²) in [5.41, 5.74) is 1.80. The maximum absolute atomic E-state index is 12.1. The molecular weight excluding hydrogens is 292 g/mol. The fourth-order valence-electron chi connectivity index (χ4n) is 2.02. The topological polar surface area (TPSA) is 92.4 Å². The zero-order chi connectivity index (χ0) is 15.6. The van der Waals surface area contributed by atoms with Crippen LogP contribution in [0.25, 0.3) is 0 Å². The second kappa shape index (κ2) is 6.09. The third-order valence-electron chi connectivity index (χ3n) is 3.11. The number of thiophene rings is 1. The minimum atomic E-state index is -1.03. The van der Waals surface area contributed by atoms with Crippen LogP contribution in [-0.2, 0) is 6.42 Å². The molecule has 0 bridgehead atoms. The van der Waals surface area contributed by atoms with Crippen LogP contribution >= 0.6 is 11.3 Å². The lowest BCUT2D eigenvalue weighted by Crippen LogP contribution is -2.33. The summed E-state index contributed by atoms with van der Waals surface area (Å²) < 4.78 is 5.09. The van der Waals surface area contributed by atoms with Crippen LogP contribution in [0.1, 0.15) is 43.3 Å². The molecule has 0 radical (unpaired) electrons. The molecule has 112 valence electrons. The quantitative estimate of drug-likeness (QED) is 0.885. The molecule has 0 saturated carbocycles. The van der Waals surface area contributed by atoms with Gasteiger partial charge in [0.1, 0.15) is 10.6 Å². The lowest BCUT2D eigenvalue weighted by molar-refractivity contribution is 0.0702. The minimum absolute atomic E-state index is 0.107. The van der Waals surface area contributed by atoms with E-state index in [0.29, 0.717) is 11.3 Å². The van der Waals surface area contributed by atoms with Crippen molar-refractivity contribution < 1.29 is 19.2 Å². The second-order valence-corrected chi connectivity index (χ2v) is 5.93. The molecule has 2 heterocycles. The van der Waals surface area contributed by atoms with Crippen LogP contribution in [0.3, 0.4) is 0 Å². The standard InChI is InChI=1S/C14H16N2O4S/c1-7(6-10-8(2)16-20-9(10)3)15-13(17)11-4-5-12(21-11)14(18)19/h4-5,7H,6H2,1-3H3,(H,15,17)(H,18,19)/t7-/m1/s1. The first-order valence-corrected chi connectivity index (χ1v) is 7.26. The zero-order valence-electron chi connectivity index (χ0n) is 12.0. The molecule has 2 aromatic heterocycles. The van der Waals surface area contributed by atoms with Crippen molar-refractivity contribution >= 4 is 23.2 Å². The van der Waals surface area contributed by atoms with Crippen molar-refractivity contribution in [3.8, 4) is 0 Å². The van der Waals surface area contributed by atoms with Crippen molar-refractivity contribution in [2.45, 2.75) is 33.2 Å². The van der Waals surface area contributed by atoms with Gasteiger partial charge in [0.05, 0.1) is 10.6 Å². The van der Waals surface area contributed by atoms with E-state index in [2.05, 4.69) is 10.5 Å². The normalized spacial score (nSPS) is 12.1. The molecule has 21 heavy (non-hydrogen) atoms. The summed E-state index contributed by atoms with van der Waals surface area (Å²) in [6, 6.07) is 2.84. The number of hydrogen-bond donors (Lipinski definition) is 2. The number of carbonyl (C=O) groups is 2. The van der Waals surface area contributed by atoms with Gasteiger partial charge in [-0.15, -0.1) is 11.3 Å². The van der Waals surface area contributed by atoms with E-state index in [1.807, 2.05) is 20.8 Å². The van der Waals surface area contributed by atoms with Crippen LogP contribution in [0.5, 0.6) is 0 Å². The Hall–Kier alpha value is -2.15. The number of aromatic nitrogens is 1. The van der Waals surface area contributed by atoms with Crippen molar-refractivity contribution in [2.24, 2.45) is 0 Å². The summed E-state index contributed by atoms with van der Waals surface area (Å²) >= 11 is 0.963. The molecule has 1 amide bonds. The van der Waals surface area contributed by atoms with E-state index in [-0.39, 0.29) is 16.8 Å². The average molecular weight is 308 g/mol. The Balaban J connectivity index is 2.00. The predicted molar refractivity (Wildman–Crippen MR) is 77.9 cm³/mol. The van der Waals surface area contributed by atoms with Crippen LogP contribution in [0.2, 0.25) is 0 Å². The van der Waals surface area contributed by atoms with E-state index < -0.39 is 5.97 Å². The number of carboxylic acids is 1. The van der Waals surface area contributed by atoms with Crippen LogP contribution in [0.4, 0.5) is 0 Å². The molecular formula is C14H16N2O4S. The highest BCUT2D eigenvalue weighted by Gasteiger charge is 2.17. The Labute approximate surface area is 125 Å². The van der Waals surface area contributed by atoms with Crippen LogP contribution in [-0.4, -0.2) is 28.2 Å². The molecule has 0 aliphatic carbocycles. The summed E-state index contributed by atoms with van der Waals surface area (Å²) in [4.78, 5) is 23.4. The SMILES string of the molecule is Cc1noc(C)c1C[C@@H](C)NC(=O)c1ccc(C(=O)O)s1. The summed E-state index contributed by atoms with van der Waals surface area (Å²) in [6.07, 6.45) is 0.615. The van der Waals surface area contributed by atoms with Crippen molar-refractivity contribution in [1.29, 1.82) is 0 Å². The van der Waals surface area contributed by atoms with Crippen molar-refractivity contribution in [3.05, 3.63) is 38.9 Å². The Kier molecular flexibility index (Phi) is 4.42. The van der Waals surface area contributed by atoms with Crippen molar-refractivity contribution in [1.82, 2.24) is 10.5 Å². The molecule has 6 nitrogen and oxygen atoms in total. The van der Waals surface area contributed by atoms with Gasteiger partial charge < -0.3 is 14.9 Å². The third kappa shape index (κ3) is 3.49.